The molecule has 0 heterocycles. The Morgan fingerprint density at radius 3 is 2.12 bits per heavy atom. The summed E-state index contributed by atoms with van der Waals surface area (Å²) < 4.78 is 5.20. The van der Waals surface area contributed by atoms with Crippen molar-refractivity contribution in [3.63, 3.8) is 0 Å². The monoisotopic (exact) mass is 381 g/mol. The Labute approximate surface area is 162 Å². The molecule has 1 aromatic rings. The van der Waals surface area contributed by atoms with Gasteiger partial charge in [0.1, 0.15) is 0 Å². The van der Waals surface area contributed by atoms with Crippen LogP contribution < -0.4 is 5.32 Å². The average molecular weight is 382 g/mol. The number of carbonyl (C=O) groups is 2. The van der Waals surface area contributed by atoms with Crippen LogP contribution in [0.5, 0.6) is 0 Å². The Bertz CT molecular complexity index is 516. The van der Waals surface area contributed by atoms with Crippen molar-refractivity contribution in [2.75, 3.05) is 13.2 Å². The molecule has 0 aromatic heterocycles. The van der Waals surface area contributed by atoms with E-state index >= 15 is 0 Å². The van der Waals surface area contributed by atoms with Gasteiger partial charge in [0.2, 0.25) is 0 Å². The van der Waals surface area contributed by atoms with Crippen LogP contribution in [0.1, 0.15) is 81.5 Å². The molecule has 1 N–H and O–H groups in total. The van der Waals surface area contributed by atoms with Crippen LogP contribution in [-0.2, 0) is 9.53 Å². The first-order chi connectivity index (χ1) is 12.6. The Morgan fingerprint density at radius 2 is 1.50 bits per heavy atom. The third kappa shape index (κ3) is 11.1. The van der Waals surface area contributed by atoms with Gasteiger partial charge in [-0.25, -0.2) is 0 Å². The van der Waals surface area contributed by atoms with Crippen LogP contribution in [-0.4, -0.2) is 25.0 Å². The van der Waals surface area contributed by atoms with E-state index in [4.69, 9.17) is 16.3 Å². The first-order valence-corrected chi connectivity index (χ1v) is 10.2. The number of esters is 1. The van der Waals surface area contributed by atoms with Crippen LogP contribution in [0.4, 0.5) is 0 Å². The summed E-state index contributed by atoms with van der Waals surface area (Å²) in [5, 5.41) is 3.29. The van der Waals surface area contributed by atoms with Gasteiger partial charge in [-0.15, -0.1) is 0 Å². The molecule has 0 radical (unpaired) electrons. The van der Waals surface area contributed by atoms with Crippen LogP contribution in [0.25, 0.3) is 0 Å². The highest BCUT2D eigenvalue weighted by molar-refractivity contribution is 6.30. The Morgan fingerprint density at radius 1 is 0.923 bits per heavy atom. The highest BCUT2D eigenvalue weighted by Crippen LogP contribution is 2.10. The van der Waals surface area contributed by atoms with E-state index in [0.29, 0.717) is 17.2 Å². The fourth-order valence-electron chi connectivity index (χ4n) is 2.65. The molecule has 0 aliphatic heterocycles. The van der Waals surface area contributed by atoms with Gasteiger partial charge >= 0.3 is 5.97 Å². The normalized spacial score (nSPS) is 10.5. The van der Waals surface area contributed by atoms with Crippen LogP contribution in [0.3, 0.4) is 0 Å². The van der Waals surface area contributed by atoms with Crippen molar-refractivity contribution >= 4 is 23.5 Å². The van der Waals surface area contributed by atoms with Gasteiger partial charge in [0.15, 0.2) is 0 Å². The van der Waals surface area contributed by atoms with Crippen molar-refractivity contribution < 1.29 is 14.3 Å². The number of carbonyl (C=O) groups excluding carboxylic acids is 2. The molecule has 146 valence electrons. The quantitative estimate of drug-likeness (QED) is 0.340. The van der Waals surface area contributed by atoms with Gasteiger partial charge in [0.25, 0.3) is 5.91 Å². The molecule has 0 aliphatic rings. The molecule has 0 unspecified atom stereocenters. The second-order valence-electron chi connectivity index (χ2n) is 6.56. The van der Waals surface area contributed by atoms with Gasteiger partial charge in [-0.05, 0) is 30.7 Å². The number of ether oxygens (including phenoxy) is 1. The molecule has 0 bridgehead atoms. The maximum atomic E-state index is 11.9. The number of halogens is 1. The number of hydrogen-bond donors (Lipinski definition) is 1. The largest absolute Gasteiger partial charge is 0.466 e. The summed E-state index contributed by atoms with van der Waals surface area (Å²) in [6.45, 7) is 2.98. The van der Waals surface area contributed by atoms with Crippen molar-refractivity contribution in [2.24, 2.45) is 0 Å². The Balaban J connectivity index is 1.95. The van der Waals surface area contributed by atoms with Gasteiger partial charge in [-0.2, -0.15) is 0 Å². The van der Waals surface area contributed by atoms with Gasteiger partial charge in [-0.1, -0.05) is 69.9 Å². The van der Waals surface area contributed by atoms with Crippen molar-refractivity contribution in [1.29, 1.82) is 0 Å². The third-order valence-corrected chi connectivity index (χ3v) is 4.48. The number of nitrogens with one attached hydrogen (secondary N) is 1. The van der Waals surface area contributed by atoms with Crippen molar-refractivity contribution in [1.82, 2.24) is 5.32 Å². The summed E-state index contributed by atoms with van der Waals surface area (Å²) in [6, 6.07) is 6.63. The molecule has 0 saturated carbocycles. The summed E-state index contributed by atoms with van der Waals surface area (Å²) in [7, 11) is 0. The van der Waals surface area contributed by atoms with E-state index in [2.05, 4.69) is 12.2 Å². The van der Waals surface area contributed by atoms with E-state index < -0.39 is 0 Å². The zero-order valence-corrected chi connectivity index (χ0v) is 16.7. The van der Waals surface area contributed by atoms with E-state index in [0.717, 1.165) is 12.8 Å². The maximum absolute atomic E-state index is 11.9. The van der Waals surface area contributed by atoms with Crippen molar-refractivity contribution in [2.45, 2.75) is 71.1 Å². The van der Waals surface area contributed by atoms with Gasteiger partial charge in [0.05, 0.1) is 13.0 Å². The Kier molecular flexibility index (Phi) is 12.6. The lowest BCUT2D eigenvalue weighted by Gasteiger charge is -2.07. The summed E-state index contributed by atoms with van der Waals surface area (Å²) in [5.41, 5.74) is 0.525. The number of benzene rings is 1. The second-order valence-corrected chi connectivity index (χ2v) is 7.00. The molecule has 0 atom stereocenters. The zero-order valence-electron chi connectivity index (χ0n) is 15.9. The van der Waals surface area contributed by atoms with Gasteiger partial charge in [-0.3, -0.25) is 9.59 Å². The highest BCUT2D eigenvalue weighted by Gasteiger charge is 2.07. The molecule has 5 heteroatoms. The first-order valence-electron chi connectivity index (χ1n) is 9.83. The average Bonchev–Trinajstić information content (AvgIpc) is 2.63. The van der Waals surface area contributed by atoms with Crippen LogP contribution in [0.15, 0.2) is 24.3 Å². The van der Waals surface area contributed by atoms with E-state index in [1.165, 1.54) is 44.9 Å². The van der Waals surface area contributed by atoms with E-state index in [9.17, 15) is 9.59 Å². The molecule has 0 saturated heterocycles. The van der Waals surface area contributed by atoms with Crippen LogP contribution in [0, 0.1) is 0 Å². The topological polar surface area (TPSA) is 55.4 Å². The molecule has 0 fully saturated rings. The first kappa shape index (κ1) is 22.5. The Hall–Kier alpha value is -1.55. The number of rotatable bonds is 14. The lowest BCUT2D eigenvalue weighted by molar-refractivity contribution is -0.143. The van der Waals surface area contributed by atoms with Crippen LogP contribution in [0.2, 0.25) is 5.02 Å². The fraction of sp³-hybridized carbons (Fsp3) is 0.619. The molecular formula is C21H32ClNO3. The van der Waals surface area contributed by atoms with Crippen LogP contribution >= 0.6 is 11.6 Å². The lowest BCUT2D eigenvalue weighted by atomic mass is 10.1. The minimum atomic E-state index is -0.263. The lowest BCUT2D eigenvalue weighted by Crippen LogP contribution is -2.26. The predicted molar refractivity (Wildman–Crippen MR) is 107 cm³/mol. The molecule has 1 amide bonds. The minimum absolute atomic E-state index is 0.191. The molecule has 0 aliphatic carbocycles. The number of amides is 1. The number of unbranched alkanes of at least 4 members (excludes halogenated alkanes) is 8. The highest BCUT2D eigenvalue weighted by atomic mass is 35.5. The standard InChI is InChI=1S/C21H32ClNO3/c1-2-3-4-5-6-7-8-9-10-17-26-20(24)15-16-23-21(25)18-11-13-19(22)14-12-18/h11-14H,2-10,15-17H2,1H3,(H,23,25). The molecule has 4 nitrogen and oxygen atoms in total. The maximum Gasteiger partial charge on any atom is 0.307 e. The van der Waals surface area contributed by atoms with Crippen molar-refractivity contribution in [3.05, 3.63) is 34.9 Å². The molecule has 1 rings (SSSR count). The SMILES string of the molecule is CCCCCCCCCCCOC(=O)CCNC(=O)c1ccc(Cl)cc1. The number of hydrogen-bond acceptors (Lipinski definition) is 3. The smallest absolute Gasteiger partial charge is 0.307 e. The molecular weight excluding hydrogens is 350 g/mol. The third-order valence-electron chi connectivity index (χ3n) is 4.23. The summed E-state index contributed by atoms with van der Waals surface area (Å²) in [6.07, 6.45) is 11.3. The van der Waals surface area contributed by atoms with Gasteiger partial charge in [0, 0.05) is 17.1 Å². The van der Waals surface area contributed by atoms with Gasteiger partial charge < -0.3 is 10.1 Å². The molecule has 26 heavy (non-hydrogen) atoms. The fourth-order valence-corrected chi connectivity index (χ4v) is 2.78. The molecule has 1 aromatic carbocycles. The summed E-state index contributed by atoms with van der Waals surface area (Å²) in [4.78, 5) is 23.5. The van der Waals surface area contributed by atoms with E-state index in [1.54, 1.807) is 24.3 Å². The summed E-state index contributed by atoms with van der Waals surface area (Å²) >= 11 is 5.78. The van der Waals surface area contributed by atoms with Crippen molar-refractivity contribution in [3.8, 4) is 0 Å². The minimum Gasteiger partial charge on any atom is -0.466 e. The zero-order chi connectivity index (χ0) is 19.0. The van der Waals surface area contributed by atoms with E-state index in [1.807, 2.05) is 0 Å². The van der Waals surface area contributed by atoms with E-state index in [-0.39, 0.29) is 24.8 Å². The predicted octanol–water partition coefficient (Wildman–Crippen LogP) is 5.53. The summed E-state index contributed by atoms with van der Waals surface area (Å²) in [5.74, 6) is -0.477. The second kappa shape index (κ2) is 14.6. The molecule has 0 spiro atoms.